The van der Waals surface area contributed by atoms with E-state index in [1.165, 1.54) is 4.90 Å². The Bertz CT molecular complexity index is 504. The number of aliphatic hydroxyl groups excluding tert-OH is 1. The van der Waals surface area contributed by atoms with Gasteiger partial charge in [-0.15, -0.1) is 5.92 Å². The molecular weight excluding hydrogens is 230 g/mol. The molecule has 1 aromatic rings. The Hall–Kier alpha value is -2.12. The normalized spacial score (nSPS) is 13.3. The minimum atomic E-state index is -0.231. The fraction of sp³-hybridized carbons (Fsp3) is 0.286. The number of hydrogen-bond donors (Lipinski definition) is 1. The predicted molar refractivity (Wildman–Crippen MR) is 65.9 cm³/mol. The van der Waals surface area contributed by atoms with Crippen LogP contribution < -0.4 is 0 Å². The van der Waals surface area contributed by atoms with Crippen molar-refractivity contribution in [3.63, 3.8) is 0 Å². The second-order valence-electron chi connectivity index (χ2n) is 3.92. The average Bonchev–Trinajstić information content (AvgIpc) is 2.64. The second kappa shape index (κ2) is 5.48. The van der Waals surface area contributed by atoms with Crippen molar-refractivity contribution in [1.82, 2.24) is 4.90 Å². The van der Waals surface area contributed by atoms with Gasteiger partial charge in [-0.05, 0) is 18.6 Å². The van der Waals surface area contributed by atoms with Gasteiger partial charge in [-0.25, -0.2) is 0 Å². The molecule has 0 saturated heterocycles. The highest BCUT2D eigenvalue weighted by Gasteiger charge is 2.34. The van der Waals surface area contributed by atoms with E-state index in [-0.39, 0.29) is 18.4 Å². The van der Waals surface area contributed by atoms with Crippen molar-refractivity contribution < 1.29 is 14.7 Å². The van der Waals surface area contributed by atoms with Gasteiger partial charge in [-0.2, -0.15) is 0 Å². The van der Waals surface area contributed by atoms with E-state index in [0.717, 1.165) is 0 Å². The first-order valence-electron chi connectivity index (χ1n) is 5.77. The van der Waals surface area contributed by atoms with Gasteiger partial charge in [0.1, 0.15) is 6.61 Å². The molecule has 1 aliphatic rings. The van der Waals surface area contributed by atoms with Crippen molar-refractivity contribution in [3.8, 4) is 11.8 Å². The molecule has 1 heterocycles. The van der Waals surface area contributed by atoms with Crippen molar-refractivity contribution in [3.05, 3.63) is 35.4 Å². The Morgan fingerprint density at radius 2 is 1.67 bits per heavy atom. The molecule has 92 valence electrons. The lowest BCUT2D eigenvalue weighted by atomic mass is 10.1. The summed E-state index contributed by atoms with van der Waals surface area (Å²) in [6, 6.07) is 6.84. The summed E-state index contributed by atoms with van der Waals surface area (Å²) in [6.07, 6.45) is 1.19. The Labute approximate surface area is 105 Å². The summed E-state index contributed by atoms with van der Waals surface area (Å²) < 4.78 is 0. The van der Waals surface area contributed by atoms with Crippen LogP contribution in [0.1, 0.15) is 33.6 Å². The highest BCUT2D eigenvalue weighted by molar-refractivity contribution is 6.21. The topological polar surface area (TPSA) is 57.6 Å². The number of hydrogen-bond acceptors (Lipinski definition) is 3. The van der Waals surface area contributed by atoms with Crippen LogP contribution in [0, 0.1) is 11.8 Å². The van der Waals surface area contributed by atoms with E-state index in [0.29, 0.717) is 30.5 Å². The molecule has 0 aromatic heterocycles. The zero-order valence-electron chi connectivity index (χ0n) is 9.85. The number of amides is 2. The van der Waals surface area contributed by atoms with Crippen molar-refractivity contribution >= 4 is 11.8 Å². The van der Waals surface area contributed by atoms with Gasteiger partial charge < -0.3 is 5.11 Å². The number of aliphatic hydroxyl groups is 1. The number of carbonyl (C=O) groups excluding carboxylic acids is 2. The molecule has 0 atom stereocenters. The van der Waals surface area contributed by atoms with Crippen LogP contribution in [0.2, 0.25) is 0 Å². The molecule has 0 aliphatic carbocycles. The fourth-order valence-corrected chi connectivity index (χ4v) is 1.91. The summed E-state index contributed by atoms with van der Waals surface area (Å²) in [7, 11) is 0. The molecule has 1 aromatic carbocycles. The Balaban J connectivity index is 2.01. The number of imide groups is 1. The molecule has 1 aliphatic heterocycles. The van der Waals surface area contributed by atoms with Crippen molar-refractivity contribution in [2.75, 3.05) is 13.2 Å². The van der Waals surface area contributed by atoms with Crippen LogP contribution in [0.15, 0.2) is 24.3 Å². The van der Waals surface area contributed by atoms with Crippen LogP contribution in [0.25, 0.3) is 0 Å². The lowest BCUT2D eigenvalue weighted by molar-refractivity contribution is 0.0653. The summed E-state index contributed by atoms with van der Waals surface area (Å²) in [5.74, 6) is 4.83. The number of fused-ring (bicyclic) bond motifs is 1. The molecule has 1 N–H and O–H groups in total. The van der Waals surface area contributed by atoms with Gasteiger partial charge in [-0.3, -0.25) is 14.5 Å². The van der Waals surface area contributed by atoms with Crippen LogP contribution in [-0.4, -0.2) is 35.0 Å². The van der Waals surface area contributed by atoms with Crippen LogP contribution in [0.4, 0.5) is 0 Å². The third-order valence-corrected chi connectivity index (χ3v) is 2.77. The molecule has 2 rings (SSSR count). The molecule has 0 unspecified atom stereocenters. The van der Waals surface area contributed by atoms with E-state index >= 15 is 0 Å². The zero-order valence-corrected chi connectivity index (χ0v) is 9.85. The molecule has 0 saturated carbocycles. The first kappa shape index (κ1) is 12.3. The van der Waals surface area contributed by atoms with Crippen molar-refractivity contribution in [1.29, 1.82) is 0 Å². The Morgan fingerprint density at radius 1 is 1.06 bits per heavy atom. The van der Waals surface area contributed by atoms with Gasteiger partial charge in [0.2, 0.25) is 0 Å². The minimum Gasteiger partial charge on any atom is -0.384 e. The fourth-order valence-electron chi connectivity index (χ4n) is 1.91. The Morgan fingerprint density at radius 3 is 2.22 bits per heavy atom. The van der Waals surface area contributed by atoms with Crippen LogP contribution in [0.3, 0.4) is 0 Å². The molecular formula is C14H13NO3. The highest BCUT2D eigenvalue weighted by Crippen LogP contribution is 2.22. The van der Waals surface area contributed by atoms with Gasteiger partial charge in [0, 0.05) is 13.0 Å². The lowest BCUT2D eigenvalue weighted by Gasteiger charge is -2.12. The maximum absolute atomic E-state index is 12.0. The summed E-state index contributed by atoms with van der Waals surface area (Å²) >= 11 is 0. The van der Waals surface area contributed by atoms with Gasteiger partial charge >= 0.3 is 0 Å². The first-order chi connectivity index (χ1) is 8.75. The number of unbranched alkanes of at least 4 members (excludes halogenated alkanes) is 1. The zero-order chi connectivity index (χ0) is 13.0. The van der Waals surface area contributed by atoms with E-state index in [4.69, 9.17) is 5.11 Å². The molecule has 4 heteroatoms. The minimum absolute atomic E-state index is 0.160. The molecule has 4 nitrogen and oxygen atoms in total. The van der Waals surface area contributed by atoms with Crippen molar-refractivity contribution in [2.24, 2.45) is 0 Å². The predicted octanol–water partition coefficient (Wildman–Crippen LogP) is 1.06. The number of benzene rings is 1. The summed E-state index contributed by atoms with van der Waals surface area (Å²) in [5.41, 5.74) is 0.952. The third-order valence-electron chi connectivity index (χ3n) is 2.77. The smallest absolute Gasteiger partial charge is 0.261 e. The highest BCUT2D eigenvalue weighted by atomic mass is 16.2. The number of rotatable bonds is 3. The van der Waals surface area contributed by atoms with Gasteiger partial charge in [0.05, 0.1) is 11.1 Å². The van der Waals surface area contributed by atoms with E-state index in [1.54, 1.807) is 24.3 Å². The standard InChI is InChI=1S/C14H13NO3/c16-10-6-2-1-5-9-15-13(17)11-7-3-4-8-12(11)14(15)18/h3-4,7-8,16H,1,5,9-10H2. The molecule has 0 spiro atoms. The van der Waals surface area contributed by atoms with Gasteiger partial charge in [0.25, 0.3) is 11.8 Å². The Kier molecular flexibility index (Phi) is 3.75. The lowest BCUT2D eigenvalue weighted by Crippen LogP contribution is -2.30. The van der Waals surface area contributed by atoms with E-state index in [9.17, 15) is 9.59 Å². The molecule has 2 amide bonds. The summed E-state index contributed by atoms with van der Waals surface area (Å²) in [6.45, 7) is 0.208. The summed E-state index contributed by atoms with van der Waals surface area (Å²) in [5, 5.41) is 8.49. The van der Waals surface area contributed by atoms with Gasteiger partial charge in [0.15, 0.2) is 0 Å². The molecule has 18 heavy (non-hydrogen) atoms. The molecule has 0 radical (unpaired) electrons. The SMILES string of the molecule is O=C1c2ccccc2C(=O)N1CCCC#CCO. The molecule has 0 bridgehead atoms. The average molecular weight is 243 g/mol. The quantitative estimate of drug-likeness (QED) is 0.490. The van der Waals surface area contributed by atoms with Crippen LogP contribution in [0.5, 0.6) is 0 Å². The van der Waals surface area contributed by atoms with Crippen LogP contribution >= 0.6 is 0 Å². The first-order valence-corrected chi connectivity index (χ1v) is 5.77. The third kappa shape index (κ3) is 2.27. The van der Waals surface area contributed by atoms with Crippen molar-refractivity contribution in [2.45, 2.75) is 12.8 Å². The number of nitrogens with zero attached hydrogens (tertiary/aromatic N) is 1. The van der Waals surface area contributed by atoms with Crippen LogP contribution in [-0.2, 0) is 0 Å². The maximum atomic E-state index is 12.0. The summed E-state index contributed by atoms with van der Waals surface area (Å²) in [4.78, 5) is 25.2. The second-order valence-corrected chi connectivity index (χ2v) is 3.92. The van der Waals surface area contributed by atoms with E-state index in [1.807, 2.05) is 0 Å². The van der Waals surface area contributed by atoms with Gasteiger partial charge in [-0.1, -0.05) is 18.1 Å². The monoisotopic (exact) mass is 243 g/mol. The molecule has 0 fully saturated rings. The van der Waals surface area contributed by atoms with E-state index < -0.39 is 0 Å². The number of carbonyl (C=O) groups is 2. The van der Waals surface area contributed by atoms with E-state index in [2.05, 4.69) is 11.8 Å². The largest absolute Gasteiger partial charge is 0.384 e. The maximum Gasteiger partial charge on any atom is 0.261 e.